The molecule has 4 heteroatoms. The standard InChI is InChI=1S/C23H24ClN3/c1-15-22(18-8-9-19(13-25)21(24)12-18)16(2)27(26-15)14-17-6-10-20(11-7-17)23(3,4)5/h6-12H,14H2,1-5H3. The number of rotatable bonds is 3. The lowest BCUT2D eigenvalue weighted by atomic mass is 9.87. The van der Waals surface area contributed by atoms with Crippen molar-refractivity contribution in [1.82, 2.24) is 9.78 Å². The number of benzene rings is 2. The Kier molecular flexibility index (Phi) is 5.13. The van der Waals surface area contributed by atoms with E-state index in [1.165, 1.54) is 11.1 Å². The fourth-order valence-electron chi connectivity index (χ4n) is 3.31. The van der Waals surface area contributed by atoms with Crippen molar-refractivity contribution in [2.24, 2.45) is 0 Å². The van der Waals surface area contributed by atoms with Gasteiger partial charge < -0.3 is 0 Å². The molecule has 2 aromatic carbocycles. The third-order valence-corrected chi connectivity index (χ3v) is 5.22. The van der Waals surface area contributed by atoms with E-state index < -0.39 is 0 Å². The Bertz CT molecular complexity index is 1020. The van der Waals surface area contributed by atoms with E-state index in [0.29, 0.717) is 10.6 Å². The van der Waals surface area contributed by atoms with Crippen molar-refractivity contribution >= 4 is 11.6 Å². The molecule has 1 aromatic heterocycles. The van der Waals surface area contributed by atoms with E-state index in [1.807, 2.05) is 23.7 Å². The van der Waals surface area contributed by atoms with E-state index in [4.69, 9.17) is 22.0 Å². The van der Waals surface area contributed by atoms with Crippen LogP contribution in [0.15, 0.2) is 42.5 Å². The molecule has 0 radical (unpaired) electrons. The van der Waals surface area contributed by atoms with Gasteiger partial charge in [-0.25, -0.2) is 0 Å². The highest BCUT2D eigenvalue weighted by Gasteiger charge is 2.16. The molecule has 3 nitrogen and oxygen atoms in total. The molecule has 0 atom stereocenters. The van der Waals surface area contributed by atoms with Crippen LogP contribution in [0.4, 0.5) is 0 Å². The molecule has 0 amide bonds. The van der Waals surface area contributed by atoms with Crippen LogP contribution in [0.2, 0.25) is 5.02 Å². The minimum atomic E-state index is 0.152. The molecule has 0 N–H and O–H groups in total. The third kappa shape index (κ3) is 3.91. The molecule has 0 saturated carbocycles. The highest BCUT2D eigenvalue weighted by Crippen LogP contribution is 2.31. The fraction of sp³-hybridized carbons (Fsp3) is 0.304. The molecular weight excluding hydrogens is 354 g/mol. The number of hydrogen-bond donors (Lipinski definition) is 0. The number of nitriles is 1. The minimum absolute atomic E-state index is 0.152. The average Bonchev–Trinajstić information content (AvgIpc) is 2.88. The topological polar surface area (TPSA) is 41.6 Å². The molecule has 0 unspecified atom stereocenters. The second-order valence-corrected chi connectivity index (χ2v) is 8.36. The molecule has 1 heterocycles. The normalized spacial score (nSPS) is 11.4. The molecule has 0 aliphatic rings. The maximum absolute atomic E-state index is 9.08. The quantitative estimate of drug-likeness (QED) is 0.558. The summed E-state index contributed by atoms with van der Waals surface area (Å²) in [4.78, 5) is 0. The number of aromatic nitrogens is 2. The van der Waals surface area contributed by atoms with Crippen molar-refractivity contribution in [2.75, 3.05) is 0 Å². The smallest absolute Gasteiger partial charge is 0.101 e. The summed E-state index contributed by atoms with van der Waals surface area (Å²) < 4.78 is 2.03. The maximum Gasteiger partial charge on any atom is 0.101 e. The first-order valence-corrected chi connectivity index (χ1v) is 9.42. The molecule has 3 aromatic rings. The molecule has 3 rings (SSSR count). The fourth-order valence-corrected chi connectivity index (χ4v) is 3.54. The highest BCUT2D eigenvalue weighted by molar-refractivity contribution is 6.32. The minimum Gasteiger partial charge on any atom is -0.265 e. The van der Waals surface area contributed by atoms with E-state index in [-0.39, 0.29) is 5.41 Å². The Labute approximate surface area is 166 Å². The lowest BCUT2D eigenvalue weighted by molar-refractivity contribution is 0.589. The average molecular weight is 378 g/mol. The van der Waals surface area contributed by atoms with Gasteiger partial charge in [0.2, 0.25) is 0 Å². The van der Waals surface area contributed by atoms with Crippen LogP contribution in [0.1, 0.15) is 48.8 Å². The molecule has 0 fully saturated rings. The van der Waals surface area contributed by atoms with Crippen molar-refractivity contribution in [1.29, 1.82) is 5.26 Å². The van der Waals surface area contributed by atoms with Crippen LogP contribution in [0.3, 0.4) is 0 Å². The maximum atomic E-state index is 9.08. The van der Waals surface area contributed by atoms with Crippen molar-refractivity contribution in [3.8, 4) is 17.2 Å². The Hall–Kier alpha value is -2.57. The van der Waals surface area contributed by atoms with Gasteiger partial charge >= 0.3 is 0 Å². The Morgan fingerprint density at radius 2 is 1.74 bits per heavy atom. The van der Waals surface area contributed by atoms with Crippen LogP contribution in [0.5, 0.6) is 0 Å². The summed E-state index contributed by atoms with van der Waals surface area (Å²) in [6, 6.07) is 16.4. The SMILES string of the molecule is Cc1nn(Cc2ccc(C(C)(C)C)cc2)c(C)c1-c1ccc(C#N)c(Cl)c1. The van der Waals surface area contributed by atoms with Gasteiger partial charge in [0.15, 0.2) is 0 Å². The summed E-state index contributed by atoms with van der Waals surface area (Å²) in [7, 11) is 0. The predicted octanol–water partition coefficient (Wildman–Crippen LogP) is 6.04. The third-order valence-electron chi connectivity index (χ3n) is 4.91. The molecule has 138 valence electrons. The Morgan fingerprint density at radius 3 is 2.30 bits per heavy atom. The molecule has 0 saturated heterocycles. The second-order valence-electron chi connectivity index (χ2n) is 7.96. The number of nitrogens with zero attached hydrogens (tertiary/aromatic N) is 3. The molecular formula is C23H24ClN3. The molecule has 0 aliphatic heterocycles. The van der Waals surface area contributed by atoms with Gasteiger partial charge in [0.25, 0.3) is 0 Å². The summed E-state index contributed by atoms with van der Waals surface area (Å²) in [5, 5.41) is 14.3. The molecule has 0 spiro atoms. The van der Waals surface area contributed by atoms with Gasteiger partial charge in [-0.1, -0.05) is 62.7 Å². The highest BCUT2D eigenvalue weighted by atomic mass is 35.5. The number of hydrogen-bond acceptors (Lipinski definition) is 2. The summed E-state index contributed by atoms with van der Waals surface area (Å²) in [5.74, 6) is 0. The van der Waals surface area contributed by atoms with Crippen LogP contribution in [-0.4, -0.2) is 9.78 Å². The summed E-state index contributed by atoms with van der Waals surface area (Å²) >= 11 is 6.22. The van der Waals surface area contributed by atoms with E-state index in [1.54, 1.807) is 6.07 Å². The van der Waals surface area contributed by atoms with Crippen LogP contribution < -0.4 is 0 Å². The van der Waals surface area contributed by atoms with Gasteiger partial charge in [0.1, 0.15) is 6.07 Å². The van der Waals surface area contributed by atoms with Gasteiger partial charge in [-0.05, 0) is 48.1 Å². The lowest BCUT2D eigenvalue weighted by Gasteiger charge is -2.19. The van der Waals surface area contributed by atoms with Gasteiger partial charge in [0, 0.05) is 11.3 Å². The van der Waals surface area contributed by atoms with Crippen molar-refractivity contribution in [3.05, 3.63) is 75.6 Å². The van der Waals surface area contributed by atoms with Crippen molar-refractivity contribution < 1.29 is 0 Å². The zero-order valence-corrected chi connectivity index (χ0v) is 17.2. The lowest BCUT2D eigenvalue weighted by Crippen LogP contribution is -2.11. The van der Waals surface area contributed by atoms with Crippen molar-refractivity contribution in [2.45, 2.75) is 46.6 Å². The van der Waals surface area contributed by atoms with Crippen molar-refractivity contribution in [3.63, 3.8) is 0 Å². The van der Waals surface area contributed by atoms with E-state index in [2.05, 4.69) is 58.0 Å². The molecule has 27 heavy (non-hydrogen) atoms. The zero-order valence-electron chi connectivity index (χ0n) is 16.5. The largest absolute Gasteiger partial charge is 0.265 e. The van der Waals surface area contributed by atoms with E-state index in [9.17, 15) is 0 Å². The molecule has 0 aliphatic carbocycles. The predicted molar refractivity (Wildman–Crippen MR) is 111 cm³/mol. The van der Waals surface area contributed by atoms with Crippen LogP contribution in [0.25, 0.3) is 11.1 Å². The summed E-state index contributed by atoms with van der Waals surface area (Å²) in [5.41, 5.74) is 7.30. The Morgan fingerprint density at radius 1 is 1.07 bits per heavy atom. The van der Waals surface area contributed by atoms with Gasteiger partial charge in [-0.3, -0.25) is 4.68 Å². The van der Waals surface area contributed by atoms with Gasteiger partial charge in [-0.2, -0.15) is 10.4 Å². The number of halogens is 1. The first kappa shape index (κ1) is 19.2. The second kappa shape index (κ2) is 7.21. The molecule has 0 bridgehead atoms. The first-order chi connectivity index (χ1) is 12.7. The summed E-state index contributed by atoms with van der Waals surface area (Å²) in [6.45, 7) is 11.5. The zero-order chi connectivity index (χ0) is 19.8. The Balaban J connectivity index is 1.92. The number of aryl methyl sites for hydroxylation is 1. The first-order valence-electron chi connectivity index (χ1n) is 9.04. The van der Waals surface area contributed by atoms with Crippen LogP contribution in [-0.2, 0) is 12.0 Å². The summed E-state index contributed by atoms with van der Waals surface area (Å²) in [6.07, 6.45) is 0. The van der Waals surface area contributed by atoms with E-state index >= 15 is 0 Å². The monoisotopic (exact) mass is 377 g/mol. The van der Waals surface area contributed by atoms with Crippen LogP contribution >= 0.6 is 11.6 Å². The van der Waals surface area contributed by atoms with E-state index in [0.717, 1.165) is 29.1 Å². The van der Waals surface area contributed by atoms with Gasteiger partial charge in [0.05, 0.1) is 22.8 Å². The van der Waals surface area contributed by atoms with Gasteiger partial charge in [-0.15, -0.1) is 0 Å². The van der Waals surface area contributed by atoms with Crippen LogP contribution in [0, 0.1) is 25.2 Å².